The Hall–Kier alpha value is -2.56. The molecule has 126 valence electrons. The van der Waals surface area contributed by atoms with Crippen LogP contribution in [-0.2, 0) is 9.53 Å². The van der Waals surface area contributed by atoms with E-state index in [1.807, 2.05) is 12.1 Å². The van der Waals surface area contributed by atoms with Gasteiger partial charge in [0.1, 0.15) is 5.82 Å². The van der Waals surface area contributed by atoms with Gasteiger partial charge in [-0.2, -0.15) is 10.4 Å². The molecule has 3 rings (SSSR count). The van der Waals surface area contributed by atoms with Crippen molar-refractivity contribution in [2.24, 2.45) is 16.8 Å². The Kier molecular flexibility index (Phi) is 5.79. The zero-order valence-corrected chi connectivity index (χ0v) is 13.8. The predicted molar refractivity (Wildman–Crippen MR) is 90.4 cm³/mol. The van der Waals surface area contributed by atoms with Crippen LogP contribution in [0.2, 0.25) is 5.02 Å². The van der Waals surface area contributed by atoms with Crippen LogP contribution in [-0.4, -0.2) is 30.0 Å². The van der Waals surface area contributed by atoms with Gasteiger partial charge < -0.3 is 15.6 Å². The SMILES string of the molecule is CC(=O)O.N#CC1=C(N)N(c2cccc(Cl)c2)N=C2COCCC21. The fourth-order valence-electron chi connectivity index (χ4n) is 2.47. The van der Waals surface area contributed by atoms with E-state index in [0.717, 1.165) is 24.7 Å². The minimum atomic E-state index is -0.833. The molecule has 0 aromatic heterocycles. The molecule has 1 aromatic carbocycles. The number of carbonyl (C=O) groups is 1. The van der Waals surface area contributed by atoms with Crippen LogP contribution in [0.1, 0.15) is 13.3 Å². The summed E-state index contributed by atoms with van der Waals surface area (Å²) in [6, 6.07) is 9.42. The van der Waals surface area contributed by atoms with E-state index in [9.17, 15) is 5.26 Å². The first-order valence-electron chi connectivity index (χ1n) is 7.24. The molecule has 7 nitrogen and oxygen atoms in total. The monoisotopic (exact) mass is 348 g/mol. The number of nitriles is 1. The van der Waals surface area contributed by atoms with Crippen molar-refractivity contribution < 1.29 is 14.6 Å². The Morgan fingerprint density at radius 1 is 1.58 bits per heavy atom. The van der Waals surface area contributed by atoms with Crippen LogP contribution in [0.5, 0.6) is 0 Å². The Labute approximate surface area is 144 Å². The van der Waals surface area contributed by atoms with Gasteiger partial charge in [-0.1, -0.05) is 17.7 Å². The van der Waals surface area contributed by atoms with Crippen molar-refractivity contribution in [3.63, 3.8) is 0 Å². The number of carboxylic acids is 1. The maximum absolute atomic E-state index is 9.38. The highest BCUT2D eigenvalue weighted by Gasteiger charge is 2.33. The molecular formula is C16H17ClN4O3. The summed E-state index contributed by atoms with van der Waals surface area (Å²) < 4.78 is 5.42. The van der Waals surface area contributed by atoms with Crippen molar-refractivity contribution in [3.05, 3.63) is 40.7 Å². The molecule has 2 aliphatic heterocycles. The first-order valence-corrected chi connectivity index (χ1v) is 7.62. The van der Waals surface area contributed by atoms with Crippen LogP contribution in [0, 0.1) is 17.2 Å². The topological polar surface area (TPSA) is 112 Å². The van der Waals surface area contributed by atoms with E-state index in [1.165, 1.54) is 0 Å². The maximum atomic E-state index is 9.38. The first kappa shape index (κ1) is 17.8. The molecule has 1 atom stereocenters. The highest BCUT2D eigenvalue weighted by atomic mass is 35.5. The minimum Gasteiger partial charge on any atom is -0.481 e. The van der Waals surface area contributed by atoms with E-state index in [0.29, 0.717) is 29.6 Å². The van der Waals surface area contributed by atoms with Crippen molar-refractivity contribution in [1.29, 1.82) is 5.26 Å². The number of halogens is 1. The van der Waals surface area contributed by atoms with Gasteiger partial charge in [0.25, 0.3) is 5.97 Å². The smallest absolute Gasteiger partial charge is 0.300 e. The second kappa shape index (κ2) is 7.81. The summed E-state index contributed by atoms with van der Waals surface area (Å²) in [5.74, 6) is -0.491. The molecule has 0 bridgehead atoms. The summed E-state index contributed by atoms with van der Waals surface area (Å²) >= 11 is 6.00. The molecule has 0 amide bonds. The Morgan fingerprint density at radius 2 is 2.29 bits per heavy atom. The number of hydrazone groups is 1. The van der Waals surface area contributed by atoms with Crippen LogP contribution in [0.4, 0.5) is 5.69 Å². The highest BCUT2D eigenvalue weighted by molar-refractivity contribution is 6.30. The number of aliphatic carboxylic acids is 1. The third kappa shape index (κ3) is 4.04. The molecule has 0 radical (unpaired) electrons. The molecule has 0 spiro atoms. The number of carboxylic acid groups (broad SMARTS) is 1. The lowest BCUT2D eigenvalue weighted by atomic mass is 9.89. The summed E-state index contributed by atoms with van der Waals surface area (Å²) in [5, 5.41) is 23.5. The fraction of sp³-hybridized carbons (Fsp3) is 0.312. The lowest BCUT2D eigenvalue weighted by Crippen LogP contribution is -2.39. The van der Waals surface area contributed by atoms with Gasteiger partial charge in [-0.3, -0.25) is 4.79 Å². The van der Waals surface area contributed by atoms with Gasteiger partial charge in [0.2, 0.25) is 0 Å². The van der Waals surface area contributed by atoms with Crippen molar-refractivity contribution in [3.8, 4) is 6.07 Å². The summed E-state index contributed by atoms with van der Waals surface area (Å²) in [6.45, 7) is 2.14. The summed E-state index contributed by atoms with van der Waals surface area (Å²) in [5.41, 5.74) is 8.24. The van der Waals surface area contributed by atoms with E-state index < -0.39 is 5.97 Å². The van der Waals surface area contributed by atoms with Gasteiger partial charge >= 0.3 is 0 Å². The van der Waals surface area contributed by atoms with Gasteiger partial charge in [-0.25, -0.2) is 5.01 Å². The number of nitrogens with two attached hydrogens (primary N) is 1. The number of rotatable bonds is 1. The number of nitrogens with zero attached hydrogens (tertiary/aromatic N) is 3. The number of anilines is 1. The Balaban J connectivity index is 0.000000471. The van der Waals surface area contributed by atoms with Gasteiger partial charge in [-0.15, -0.1) is 0 Å². The number of hydrogen-bond acceptors (Lipinski definition) is 6. The zero-order valence-electron chi connectivity index (χ0n) is 13.1. The van der Waals surface area contributed by atoms with Crippen LogP contribution >= 0.6 is 11.6 Å². The van der Waals surface area contributed by atoms with E-state index >= 15 is 0 Å². The predicted octanol–water partition coefficient (Wildman–Crippen LogP) is 2.34. The number of hydrogen-bond donors (Lipinski definition) is 2. The average Bonchev–Trinajstić information content (AvgIpc) is 2.54. The number of fused-ring (bicyclic) bond motifs is 1. The largest absolute Gasteiger partial charge is 0.481 e. The lowest BCUT2D eigenvalue weighted by Gasteiger charge is -2.33. The molecule has 2 aliphatic rings. The molecule has 0 aliphatic carbocycles. The van der Waals surface area contributed by atoms with E-state index in [2.05, 4.69) is 11.2 Å². The standard InChI is InChI=1S/C14H13ClN4O.C2H4O2/c15-9-2-1-3-10(6-9)19-14(17)12(7-16)11-4-5-20-8-13(11)18-19;1-2(3)4/h1-3,6,11H,4-5,8,17H2;1H3,(H,3,4). The molecule has 1 aromatic rings. The molecule has 8 heteroatoms. The second-order valence-corrected chi connectivity index (χ2v) is 5.64. The molecule has 1 unspecified atom stereocenters. The highest BCUT2D eigenvalue weighted by Crippen LogP contribution is 2.32. The van der Waals surface area contributed by atoms with Gasteiger partial charge in [0.15, 0.2) is 0 Å². The molecular weight excluding hydrogens is 332 g/mol. The number of ether oxygens (including phenoxy) is 1. The van der Waals surface area contributed by atoms with Gasteiger partial charge in [0, 0.05) is 24.5 Å². The van der Waals surface area contributed by atoms with E-state index in [4.69, 9.17) is 32.0 Å². The third-order valence-electron chi connectivity index (χ3n) is 3.46. The Bertz CT molecular complexity index is 735. The van der Waals surface area contributed by atoms with Crippen LogP contribution in [0.3, 0.4) is 0 Å². The van der Waals surface area contributed by atoms with E-state index in [1.54, 1.807) is 17.1 Å². The normalized spacial score (nSPS) is 19.5. The summed E-state index contributed by atoms with van der Waals surface area (Å²) in [4.78, 5) is 9.00. The van der Waals surface area contributed by atoms with Crippen molar-refractivity contribution in [2.45, 2.75) is 13.3 Å². The maximum Gasteiger partial charge on any atom is 0.300 e. The third-order valence-corrected chi connectivity index (χ3v) is 3.69. The second-order valence-electron chi connectivity index (χ2n) is 5.21. The van der Waals surface area contributed by atoms with E-state index in [-0.39, 0.29) is 5.92 Å². The minimum absolute atomic E-state index is 0.0239. The van der Waals surface area contributed by atoms with Crippen molar-refractivity contribution >= 4 is 29.0 Å². The van der Waals surface area contributed by atoms with Crippen molar-refractivity contribution in [1.82, 2.24) is 0 Å². The number of benzene rings is 1. The summed E-state index contributed by atoms with van der Waals surface area (Å²) in [6.07, 6.45) is 0.742. The fourth-order valence-corrected chi connectivity index (χ4v) is 2.65. The quantitative estimate of drug-likeness (QED) is 0.805. The average molecular weight is 349 g/mol. The molecule has 3 N–H and O–H groups in total. The molecule has 1 fully saturated rings. The van der Waals surface area contributed by atoms with Crippen LogP contribution < -0.4 is 10.7 Å². The van der Waals surface area contributed by atoms with Crippen LogP contribution in [0.25, 0.3) is 0 Å². The first-order chi connectivity index (χ1) is 11.4. The molecule has 0 saturated carbocycles. The zero-order chi connectivity index (χ0) is 17.7. The number of allylic oxidation sites excluding steroid dienone is 1. The van der Waals surface area contributed by atoms with Gasteiger partial charge in [-0.05, 0) is 24.6 Å². The Morgan fingerprint density at radius 3 is 2.92 bits per heavy atom. The van der Waals surface area contributed by atoms with Crippen LogP contribution in [0.15, 0.2) is 40.8 Å². The molecule has 24 heavy (non-hydrogen) atoms. The summed E-state index contributed by atoms with van der Waals surface area (Å²) in [7, 11) is 0. The molecule has 2 heterocycles. The lowest BCUT2D eigenvalue weighted by molar-refractivity contribution is -0.134. The molecule has 1 saturated heterocycles. The van der Waals surface area contributed by atoms with Crippen molar-refractivity contribution in [2.75, 3.05) is 18.2 Å². The van der Waals surface area contributed by atoms with Gasteiger partial charge in [0.05, 0.1) is 29.6 Å².